The first-order valence-electron chi connectivity index (χ1n) is 8.72. The van der Waals surface area contributed by atoms with Crippen molar-refractivity contribution in [2.24, 2.45) is 4.99 Å². The highest BCUT2D eigenvalue weighted by Gasteiger charge is 2.16. The Labute approximate surface area is 170 Å². The normalized spacial score (nSPS) is 11.5. The number of benzene rings is 2. The molecule has 0 unspecified atom stereocenters. The molecule has 0 saturated carbocycles. The van der Waals surface area contributed by atoms with Gasteiger partial charge in [0.05, 0.1) is 31.0 Å². The number of fused-ring (bicyclic) bond motifs is 1. The number of esters is 1. The van der Waals surface area contributed by atoms with Crippen LogP contribution in [0.2, 0.25) is 0 Å². The summed E-state index contributed by atoms with van der Waals surface area (Å²) in [6.45, 7) is 1.82. The molecule has 152 valence electrons. The zero-order chi connectivity index (χ0) is 21.0. The van der Waals surface area contributed by atoms with Crippen molar-refractivity contribution in [3.63, 3.8) is 0 Å². The number of amides is 1. The van der Waals surface area contributed by atoms with Crippen LogP contribution >= 0.6 is 11.3 Å². The van der Waals surface area contributed by atoms with Crippen LogP contribution in [0, 0.1) is 5.82 Å². The average Bonchev–Trinajstić information content (AvgIpc) is 3.03. The molecular weight excluding hydrogens is 399 g/mol. The van der Waals surface area contributed by atoms with Crippen LogP contribution in [-0.2, 0) is 16.1 Å². The van der Waals surface area contributed by atoms with E-state index in [1.807, 2.05) is 0 Å². The summed E-state index contributed by atoms with van der Waals surface area (Å²) in [5, 5.41) is 0. The van der Waals surface area contributed by atoms with Gasteiger partial charge in [0.1, 0.15) is 12.4 Å². The zero-order valence-electron chi connectivity index (χ0n) is 16.1. The first kappa shape index (κ1) is 20.5. The Balaban J connectivity index is 2.16. The maximum Gasteiger partial charge on any atom is 0.326 e. The lowest BCUT2D eigenvalue weighted by molar-refractivity contribution is -0.143. The van der Waals surface area contributed by atoms with Gasteiger partial charge in [-0.25, -0.2) is 4.39 Å². The maximum atomic E-state index is 13.1. The molecule has 1 amide bonds. The Bertz CT molecular complexity index is 1120. The number of hydrogen-bond donors (Lipinski definition) is 0. The number of aromatic nitrogens is 1. The molecule has 9 heteroatoms. The lowest BCUT2D eigenvalue weighted by Gasteiger charge is -2.09. The second-order valence-corrected chi connectivity index (χ2v) is 6.88. The van der Waals surface area contributed by atoms with Crippen LogP contribution < -0.4 is 14.3 Å². The maximum absolute atomic E-state index is 13.1. The molecule has 0 aliphatic rings. The number of methoxy groups -OCH3 is 2. The molecular formula is C20H19FN2O5S. The van der Waals surface area contributed by atoms with Crippen molar-refractivity contribution in [2.75, 3.05) is 20.8 Å². The number of carbonyl (C=O) groups excluding carboxylic acids is 2. The Morgan fingerprint density at radius 1 is 1.10 bits per heavy atom. The number of halogens is 1. The third-order valence-corrected chi connectivity index (χ3v) is 5.11. The summed E-state index contributed by atoms with van der Waals surface area (Å²) in [7, 11) is 3.03. The van der Waals surface area contributed by atoms with Crippen molar-refractivity contribution in [1.82, 2.24) is 4.57 Å². The third-order valence-electron chi connectivity index (χ3n) is 4.07. The number of thiazole rings is 1. The van der Waals surface area contributed by atoms with Gasteiger partial charge in [-0.3, -0.25) is 9.59 Å². The fraction of sp³-hybridized carbons (Fsp3) is 0.250. The summed E-state index contributed by atoms with van der Waals surface area (Å²) in [6, 6.07) is 8.56. The molecule has 1 aromatic heterocycles. The van der Waals surface area contributed by atoms with E-state index in [1.165, 1.54) is 49.8 Å². The van der Waals surface area contributed by atoms with Crippen molar-refractivity contribution >= 4 is 33.4 Å². The highest BCUT2D eigenvalue weighted by atomic mass is 32.1. The summed E-state index contributed by atoms with van der Waals surface area (Å²) in [5.41, 5.74) is 0.882. The van der Waals surface area contributed by atoms with Crippen LogP contribution in [0.25, 0.3) is 10.2 Å². The van der Waals surface area contributed by atoms with Crippen LogP contribution in [-0.4, -0.2) is 37.3 Å². The van der Waals surface area contributed by atoms with Crippen LogP contribution in [0.3, 0.4) is 0 Å². The Kier molecular flexibility index (Phi) is 6.28. The molecule has 0 atom stereocenters. The highest BCUT2D eigenvalue weighted by Crippen LogP contribution is 2.33. The van der Waals surface area contributed by atoms with Crippen molar-refractivity contribution in [1.29, 1.82) is 0 Å². The highest BCUT2D eigenvalue weighted by molar-refractivity contribution is 7.16. The Hall–Kier alpha value is -3.20. The smallest absolute Gasteiger partial charge is 0.326 e. The monoisotopic (exact) mass is 418 g/mol. The van der Waals surface area contributed by atoms with Gasteiger partial charge in [-0.15, -0.1) is 0 Å². The molecule has 29 heavy (non-hydrogen) atoms. The first-order valence-corrected chi connectivity index (χ1v) is 9.54. The van der Waals surface area contributed by atoms with E-state index >= 15 is 0 Å². The molecule has 3 aromatic rings. The number of carbonyl (C=O) groups is 2. The van der Waals surface area contributed by atoms with Crippen LogP contribution in [0.5, 0.6) is 11.5 Å². The number of rotatable bonds is 6. The first-order chi connectivity index (χ1) is 14.0. The largest absolute Gasteiger partial charge is 0.493 e. The molecule has 0 aliphatic carbocycles. The van der Waals surface area contributed by atoms with Crippen molar-refractivity contribution in [3.8, 4) is 11.5 Å². The van der Waals surface area contributed by atoms with E-state index in [4.69, 9.17) is 14.2 Å². The van der Waals surface area contributed by atoms with Crippen molar-refractivity contribution < 1.29 is 28.2 Å². The molecule has 0 spiro atoms. The van der Waals surface area contributed by atoms with Crippen molar-refractivity contribution in [2.45, 2.75) is 13.5 Å². The number of nitrogens with zero attached hydrogens (tertiary/aromatic N) is 2. The fourth-order valence-electron chi connectivity index (χ4n) is 2.71. The van der Waals surface area contributed by atoms with E-state index in [2.05, 4.69) is 4.99 Å². The summed E-state index contributed by atoms with van der Waals surface area (Å²) in [4.78, 5) is 29.1. The van der Waals surface area contributed by atoms with Crippen LogP contribution in [0.4, 0.5) is 4.39 Å². The predicted octanol–water partition coefficient (Wildman–Crippen LogP) is 3.16. The van der Waals surface area contributed by atoms with E-state index in [1.54, 1.807) is 23.6 Å². The Morgan fingerprint density at radius 2 is 1.76 bits per heavy atom. The summed E-state index contributed by atoms with van der Waals surface area (Å²) in [5.74, 6) is -0.460. The quantitative estimate of drug-likeness (QED) is 0.575. The van der Waals surface area contributed by atoms with Crippen LogP contribution in [0.1, 0.15) is 17.3 Å². The van der Waals surface area contributed by atoms with Gasteiger partial charge in [0.15, 0.2) is 16.3 Å². The van der Waals surface area contributed by atoms with Gasteiger partial charge >= 0.3 is 5.97 Å². The Morgan fingerprint density at radius 3 is 2.38 bits per heavy atom. The minimum Gasteiger partial charge on any atom is -0.493 e. The van der Waals surface area contributed by atoms with Gasteiger partial charge in [-0.2, -0.15) is 4.99 Å². The summed E-state index contributed by atoms with van der Waals surface area (Å²) >= 11 is 1.22. The van der Waals surface area contributed by atoms with Crippen LogP contribution in [0.15, 0.2) is 41.4 Å². The molecule has 0 N–H and O–H groups in total. The topological polar surface area (TPSA) is 79.1 Å². The summed E-state index contributed by atoms with van der Waals surface area (Å²) < 4.78 is 31.2. The molecule has 0 bridgehead atoms. The molecule has 3 rings (SSSR count). The predicted molar refractivity (Wildman–Crippen MR) is 106 cm³/mol. The lowest BCUT2D eigenvalue weighted by atomic mass is 10.2. The molecule has 0 radical (unpaired) electrons. The molecule has 0 saturated heterocycles. The molecule has 0 aliphatic heterocycles. The molecule has 0 fully saturated rings. The third kappa shape index (κ3) is 4.45. The van der Waals surface area contributed by atoms with Gasteiger partial charge in [-0.1, -0.05) is 11.3 Å². The second-order valence-electron chi connectivity index (χ2n) is 5.87. The summed E-state index contributed by atoms with van der Waals surface area (Å²) in [6.07, 6.45) is 0. The second kappa shape index (κ2) is 8.87. The number of hydrogen-bond acceptors (Lipinski definition) is 6. The fourth-order valence-corrected chi connectivity index (χ4v) is 3.75. The van der Waals surface area contributed by atoms with E-state index in [-0.39, 0.29) is 18.7 Å². The van der Waals surface area contributed by atoms with E-state index < -0.39 is 17.7 Å². The van der Waals surface area contributed by atoms with E-state index in [0.29, 0.717) is 21.8 Å². The SMILES string of the molecule is CCOC(=O)Cn1c(=NC(=O)c2ccc(F)cc2)sc2cc(OC)c(OC)cc21. The van der Waals surface area contributed by atoms with Gasteiger partial charge < -0.3 is 18.8 Å². The van der Waals surface area contributed by atoms with Crippen molar-refractivity contribution in [3.05, 3.63) is 52.6 Å². The van der Waals surface area contributed by atoms with E-state index in [9.17, 15) is 14.0 Å². The zero-order valence-corrected chi connectivity index (χ0v) is 16.9. The van der Waals surface area contributed by atoms with E-state index in [0.717, 1.165) is 4.70 Å². The lowest BCUT2D eigenvalue weighted by Crippen LogP contribution is -2.23. The van der Waals surface area contributed by atoms with Gasteiger partial charge in [0.2, 0.25) is 0 Å². The standard InChI is InChI=1S/C20H19FN2O5S/c1-4-28-18(24)11-23-14-9-15(26-2)16(27-3)10-17(14)29-20(23)22-19(25)12-5-7-13(21)8-6-12/h5-10H,4,11H2,1-3H3. The van der Waals surface area contributed by atoms with Gasteiger partial charge in [0.25, 0.3) is 5.91 Å². The molecule has 7 nitrogen and oxygen atoms in total. The van der Waals surface area contributed by atoms with Gasteiger partial charge in [0, 0.05) is 17.7 Å². The minimum absolute atomic E-state index is 0.126. The molecule has 2 aromatic carbocycles. The molecule has 1 heterocycles. The average molecular weight is 418 g/mol. The minimum atomic E-state index is -0.548. The number of ether oxygens (including phenoxy) is 3. The van der Waals surface area contributed by atoms with Gasteiger partial charge in [-0.05, 0) is 31.2 Å².